The van der Waals surface area contributed by atoms with Crippen LogP contribution in [0.2, 0.25) is 0 Å². The number of carbonyl (C=O) groups is 1. The summed E-state index contributed by atoms with van der Waals surface area (Å²) in [5, 5.41) is 11.1. The normalized spacial score (nSPS) is 15.7. The maximum atomic E-state index is 12.5. The number of pyridine rings is 1. The molecule has 0 saturated heterocycles. The average molecular weight is 379 g/mol. The fourth-order valence-corrected chi connectivity index (χ4v) is 3.16. The molecule has 28 heavy (non-hydrogen) atoms. The van der Waals surface area contributed by atoms with E-state index in [1.807, 2.05) is 36.4 Å². The van der Waals surface area contributed by atoms with Gasteiger partial charge in [0.25, 0.3) is 5.91 Å². The minimum Gasteiger partial charge on any atom is -0.497 e. The van der Waals surface area contributed by atoms with Crippen LogP contribution in [0.5, 0.6) is 5.75 Å². The number of carbonyl (C=O) groups excluding carboxylic acids is 1. The summed E-state index contributed by atoms with van der Waals surface area (Å²) in [6.45, 7) is 1.30. The molecule has 8 nitrogen and oxygen atoms in total. The Balaban J connectivity index is 1.38. The highest BCUT2D eigenvalue weighted by molar-refractivity contribution is 5.93. The van der Waals surface area contributed by atoms with Gasteiger partial charge in [0.15, 0.2) is 5.69 Å². The third-order valence-electron chi connectivity index (χ3n) is 4.72. The smallest absolute Gasteiger partial charge is 0.273 e. The predicted molar refractivity (Wildman–Crippen MR) is 101 cm³/mol. The number of hydrogen-bond donors (Lipinski definition) is 1. The number of hydrogen-bond acceptors (Lipinski definition) is 6. The van der Waals surface area contributed by atoms with E-state index < -0.39 is 0 Å². The van der Waals surface area contributed by atoms with Crippen molar-refractivity contribution in [1.29, 1.82) is 0 Å². The van der Waals surface area contributed by atoms with Gasteiger partial charge >= 0.3 is 0 Å². The molecular formula is C20H21N5O3. The van der Waals surface area contributed by atoms with Crippen LogP contribution in [-0.4, -0.2) is 39.5 Å². The van der Waals surface area contributed by atoms with Crippen LogP contribution in [0.1, 0.15) is 33.4 Å². The number of aromatic nitrogens is 4. The quantitative estimate of drug-likeness (QED) is 0.704. The molecule has 1 aliphatic heterocycles. The van der Waals surface area contributed by atoms with Crippen molar-refractivity contribution in [2.45, 2.75) is 25.7 Å². The molecule has 3 aromatic rings. The van der Waals surface area contributed by atoms with Gasteiger partial charge in [-0.1, -0.05) is 23.4 Å². The van der Waals surface area contributed by atoms with Crippen LogP contribution in [0.4, 0.5) is 0 Å². The molecule has 2 aromatic heterocycles. The van der Waals surface area contributed by atoms with Gasteiger partial charge in [-0.3, -0.25) is 9.78 Å². The van der Waals surface area contributed by atoms with E-state index in [1.54, 1.807) is 24.2 Å². The molecule has 1 atom stereocenters. The summed E-state index contributed by atoms with van der Waals surface area (Å²) in [6, 6.07) is 11.6. The third kappa shape index (κ3) is 3.86. The molecule has 0 radical (unpaired) electrons. The number of amides is 1. The fourth-order valence-electron chi connectivity index (χ4n) is 3.16. The molecule has 0 fully saturated rings. The average Bonchev–Trinajstić information content (AvgIpc) is 3.18. The minimum atomic E-state index is -0.239. The maximum absolute atomic E-state index is 12.5. The first-order valence-corrected chi connectivity index (χ1v) is 9.09. The first kappa shape index (κ1) is 18.1. The fraction of sp³-hybridized carbons (Fsp3) is 0.300. The van der Waals surface area contributed by atoms with Crippen LogP contribution >= 0.6 is 0 Å². The Morgan fingerprint density at radius 3 is 2.93 bits per heavy atom. The highest BCUT2D eigenvalue weighted by atomic mass is 16.5. The minimum absolute atomic E-state index is 0.137. The van der Waals surface area contributed by atoms with Crippen molar-refractivity contribution < 1.29 is 14.3 Å². The Morgan fingerprint density at radius 2 is 2.18 bits per heavy atom. The summed E-state index contributed by atoms with van der Waals surface area (Å²) in [5.74, 6) is 0.558. The Morgan fingerprint density at radius 1 is 1.32 bits per heavy atom. The second-order valence-electron chi connectivity index (χ2n) is 6.51. The third-order valence-corrected chi connectivity index (χ3v) is 4.72. The van der Waals surface area contributed by atoms with E-state index in [4.69, 9.17) is 9.47 Å². The first-order chi connectivity index (χ1) is 13.7. The van der Waals surface area contributed by atoms with Crippen molar-refractivity contribution in [1.82, 2.24) is 25.3 Å². The summed E-state index contributed by atoms with van der Waals surface area (Å²) in [7, 11) is 1.64. The van der Waals surface area contributed by atoms with E-state index in [9.17, 15) is 4.79 Å². The first-order valence-electron chi connectivity index (χ1n) is 9.09. The summed E-state index contributed by atoms with van der Waals surface area (Å²) in [5.41, 5.74) is 3.12. The van der Waals surface area contributed by atoms with Gasteiger partial charge in [0.2, 0.25) is 0 Å². The summed E-state index contributed by atoms with van der Waals surface area (Å²) < 4.78 is 12.9. The Bertz CT molecular complexity index is 940. The maximum Gasteiger partial charge on any atom is 0.273 e. The molecule has 1 aliphatic rings. The number of rotatable bonds is 6. The lowest BCUT2D eigenvalue weighted by Crippen LogP contribution is -2.29. The molecule has 1 amide bonds. The van der Waals surface area contributed by atoms with Crippen LogP contribution in [-0.2, 0) is 24.3 Å². The van der Waals surface area contributed by atoms with Crippen molar-refractivity contribution in [3.8, 4) is 5.75 Å². The van der Waals surface area contributed by atoms with E-state index in [0.29, 0.717) is 30.9 Å². The second kappa shape index (κ2) is 8.18. The van der Waals surface area contributed by atoms with Crippen molar-refractivity contribution >= 4 is 5.91 Å². The van der Waals surface area contributed by atoms with E-state index in [1.165, 1.54) is 0 Å². The van der Waals surface area contributed by atoms with Gasteiger partial charge in [0, 0.05) is 18.9 Å². The van der Waals surface area contributed by atoms with Gasteiger partial charge in [0.1, 0.15) is 11.9 Å². The molecule has 1 N–H and O–H groups in total. The van der Waals surface area contributed by atoms with E-state index in [-0.39, 0.29) is 18.6 Å². The molecule has 0 unspecified atom stereocenters. The van der Waals surface area contributed by atoms with Crippen molar-refractivity contribution in [3.63, 3.8) is 0 Å². The molecule has 8 heteroatoms. The topological polar surface area (TPSA) is 91.2 Å². The Labute approximate surface area is 162 Å². The Kier molecular flexibility index (Phi) is 5.29. The van der Waals surface area contributed by atoms with Crippen LogP contribution in [0.3, 0.4) is 0 Å². The summed E-state index contributed by atoms with van der Waals surface area (Å²) in [6.07, 6.45) is 4.09. The van der Waals surface area contributed by atoms with Gasteiger partial charge in [0.05, 0.1) is 26.0 Å². The van der Waals surface area contributed by atoms with Gasteiger partial charge in [-0.05, 0) is 35.7 Å². The molecule has 0 saturated carbocycles. The number of ether oxygens (including phenoxy) is 2. The zero-order valence-electron chi connectivity index (χ0n) is 15.5. The monoisotopic (exact) mass is 379 g/mol. The van der Waals surface area contributed by atoms with Gasteiger partial charge in [-0.15, -0.1) is 5.10 Å². The largest absolute Gasteiger partial charge is 0.497 e. The number of benzene rings is 1. The lowest BCUT2D eigenvalue weighted by Gasteiger charge is -2.24. The highest BCUT2D eigenvalue weighted by Crippen LogP contribution is 2.28. The van der Waals surface area contributed by atoms with Gasteiger partial charge < -0.3 is 14.8 Å². The van der Waals surface area contributed by atoms with Crippen molar-refractivity contribution in [3.05, 3.63) is 71.3 Å². The molecule has 0 spiro atoms. The molecule has 144 valence electrons. The number of fused-ring (bicyclic) bond motifs is 1. The zero-order valence-corrected chi connectivity index (χ0v) is 15.5. The number of methoxy groups -OCH3 is 1. The van der Waals surface area contributed by atoms with Crippen LogP contribution < -0.4 is 10.1 Å². The van der Waals surface area contributed by atoms with Crippen LogP contribution in [0.25, 0.3) is 0 Å². The summed E-state index contributed by atoms with van der Waals surface area (Å²) in [4.78, 5) is 16.5. The van der Waals surface area contributed by atoms with E-state index >= 15 is 0 Å². The molecular weight excluding hydrogens is 358 g/mol. The van der Waals surface area contributed by atoms with Crippen LogP contribution in [0, 0.1) is 0 Å². The van der Waals surface area contributed by atoms with E-state index in [2.05, 4.69) is 20.6 Å². The summed E-state index contributed by atoms with van der Waals surface area (Å²) >= 11 is 0. The molecule has 1 aromatic carbocycles. The lowest BCUT2D eigenvalue weighted by atomic mass is 10.1. The van der Waals surface area contributed by atoms with Crippen LogP contribution in [0.15, 0.2) is 48.8 Å². The molecule has 4 rings (SSSR count). The van der Waals surface area contributed by atoms with Crippen molar-refractivity contribution in [2.24, 2.45) is 0 Å². The van der Waals surface area contributed by atoms with Gasteiger partial charge in [-0.2, -0.15) is 0 Å². The van der Waals surface area contributed by atoms with Gasteiger partial charge in [-0.25, -0.2) is 4.68 Å². The molecule has 0 aliphatic carbocycles. The molecule has 0 bridgehead atoms. The number of nitrogens with zero attached hydrogens (tertiary/aromatic N) is 4. The number of nitrogens with one attached hydrogen (secondary N) is 1. The molecule has 3 heterocycles. The standard InChI is InChI=1S/C20H21N5O3/c1-27-16-6-4-15(5-7-16)18-12-25-17(13-28-18)19(23-24-25)20(26)22-10-8-14-3-2-9-21-11-14/h2-7,9,11,18H,8,10,12-13H2,1H3,(H,22,26)/t18-/m0/s1. The Hall–Kier alpha value is -3.26. The second-order valence-corrected chi connectivity index (χ2v) is 6.51. The van der Waals surface area contributed by atoms with Crippen molar-refractivity contribution in [2.75, 3.05) is 13.7 Å². The van der Waals surface area contributed by atoms with E-state index in [0.717, 1.165) is 16.9 Å². The lowest BCUT2D eigenvalue weighted by molar-refractivity contribution is -0.00179. The predicted octanol–water partition coefficient (Wildman–Crippen LogP) is 1.93. The zero-order chi connectivity index (χ0) is 19.3. The highest BCUT2D eigenvalue weighted by Gasteiger charge is 2.27. The SMILES string of the molecule is COc1ccc([C@@H]2Cn3nnc(C(=O)NCCc4cccnc4)c3CO2)cc1.